The molecule has 2 aromatic carbocycles. The van der Waals surface area contributed by atoms with Crippen molar-refractivity contribution in [1.29, 1.82) is 0 Å². The zero-order chi connectivity index (χ0) is 19.8. The molecular weight excluding hydrogens is 374 g/mol. The maximum Gasteiger partial charge on any atom is 0.244 e. The van der Waals surface area contributed by atoms with Crippen LogP contribution in [0.3, 0.4) is 0 Å². The Bertz CT molecular complexity index is 951. The third kappa shape index (κ3) is 5.31. The van der Waals surface area contributed by atoms with Gasteiger partial charge in [-0.3, -0.25) is 9.48 Å². The summed E-state index contributed by atoms with van der Waals surface area (Å²) in [6, 6.07) is 17.5. The lowest BCUT2D eigenvalue weighted by molar-refractivity contribution is -0.116. The Morgan fingerprint density at radius 1 is 1.14 bits per heavy atom. The van der Waals surface area contributed by atoms with E-state index < -0.39 is 0 Å². The summed E-state index contributed by atoms with van der Waals surface area (Å²) in [5.74, 6) is -0.202. The molecule has 1 amide bonds. The van der Waals surface area contributed by atoms with E-state index in [2.05, 4.69) is 5.32 Å². The lowest BCUT2D eigenvalue weighted by Crippen LogP contribution is -2.22. The molecule has 0 fully saturated rings. The summed E-state index contributed by atoms with van der Waals surface area (Å²) in [6.45, 7) is 1.03. The van der Waals surface area contributed by atoms with Crippen molar-refractivity contribution in [2.45, 2.75) is 13.0 Å². The van der Waals surface area contributed by atoms with E-state index in [0.717, 1.165) is 22.4 Å². The van der Waals surface area contributed by atoms with Crippen LogP contribution >= 0.6 is 11.6 Å². The van der Waals surface area contributed by atoms with Crippen LogP contribution in [0.15, 0.2) is 66.9 Å². The second kappa shape index (κ2) is 9.88. The first-order chi connectivity index (χ1) is 13.7. The molecule has 3 aromatic rings. The van der Waals surface area contributed by atoms with Gasteiger partial charge >= 0.3 is 0 Å². The standard InChI is InChI=1S/C22H22ClN3O2/c23-20-10-5-4-9-18(20)15-26-16-19(11-12-21(28)24-13-6-14-27)22(25-26)17-7-2-1-3-8-17/h1-5,7-12,16,27H,6,13-15H2,(H,24,28)/b12-11+. The lowest BCUT2D eigenvalue weighted by atomic mass is 10.1. The van der Waals surface area contributed by atoms with Crippen molar-refractivity contribution in [3.05, 3.63) is 83.0 Å². The highest BCUT2D eigenvalue weighted by Gasteiger charge is 2.11. The molecule has 3 rings (SSSR count). The molecule has 0 spiro atoms. The van der Waals surface area contributed by atoms with Crippen LogP contribution in [0.1, 0.15) is 17.5 Å². The average molecular weight is 396 g/mol. The van der Waals surface area contributed by atoms with Crippen LogP contribution in [0.2, 0.25) is 5.02 Å². The van der Waals surface area contributed by atoms with Gasteiger partial charge in [0.15, 0.2) is 0 Å². The number of aliphatic hydroxyl groups excluding tert-OH is 1. The molecule has 0 unspecified atom stereocenters. The molecule has 0 saturated heterocycles. The number of aliphatic hydroxyl groups is 1. The first kappa shape index (κ1) is 19.9. The maximum atomic E-state index is 12.0. The molecule has 1 aromatic heterocycles. The summed E-state index contributed by atoms with van der Waals surface area (Å²) < 4.78 is 1.83. The molecule has 0 bridgehead atoms. The molecule has 0 aliphatic heterocycles. The molecule has 0 atom stereocenters. The molecule has 1 heterocycles. The minimum absolute atomic E-state index is 0.0525. The van der Waals surface area contributed by atoms with Gasteiger partial charge in [-0.25, -0.2) is 0 Å². The first-order valence-corrected chi connectivity index (χ1v) is 9.48. The first-order valence-electron chi connectivity index (χ1n) is 9.10. The summed E-state index contributed by atoms with van der Waals surface area (Å²) in [6.07, 6.45) is 5.68. The second-order valence-corrected chi connectivity index (χ2v) is 6.70. The van der Waals surface area contributed by atoms with Gasteiger partial charge in [0.05, 0.1) is 12.2 Å². The van der Waals surface area contributed by atoms with E-state index in [0.29, 0.717) is 24.5 Å². The van der Waals surface area contributed by atoms with Crippen molar-refractivity contribution in [3.8, 4) is 11.3 Å². The number of hydrogen-bond acceptors (Lipinski definition) is 3. The number of carbonyl (C=O) groups excluding carboxylic acids is 1. The van der Waals surface area contributed by atoms with E-state index in [-0.39, 0.29) is 12.5 Å². The maximum absolute atomic E-state index is 12.0. The van der Waals surface area contributed by atoms with Crippen LogP contribution in [0.5, 0.6) is 0 Å². The third-order valence-electron chi connectivity index (χ3n) is 4.18. The molecular formula is C22H22ClN3O2. The largest absolute Gasteiger partial charge is 0.396 e. The quantitative estimate of drug-likeness (QED) is 0.450. The van der Waals surface area contributed by atoms with Crippen molar-refractivity contribution < 1.29 is 9.90 Å². The fourth-order valence-corrected chi connectivity index (χ4v) is 2.97. The number of benzene rings is 2. The van der Waals surface area contributed by atoms with Crippen molar-refractivity contribution in [3.63, 3.8) is 0 Å². The Hall–Kier alpha value is -2.89. The highest BCUT2D eigenvalue weighted by molar-refractivity contribution is 6.31. The Labute approximate surface area is 169 Å². The van der Waals surface area contributed by atoms with Gasteiger partial charge in [0, 0.05) is 41.6 Å². The molecule has 2 N–H and O–H groups in total. The molecule has 144 valence electrons. The fourth-order valence-electron chi connectivity index (χ4n) is 2.78. The van der Waals surface area contributed by atoms with Crippen molar-refractivity contribution >= 4 is 23.6 Å². The van der Waals surface area contributed by atoms with Gasteiger partial charge in [0.2, 0.25) is 5.91 Å². The summed E-state index contributed by atoms with van der Waals surface area (Å²) in [5.41, 5.74) is 3.59. The van der Waals surface area contributed by atoms with Gasteiger partial charge in [0.25, 0.3) is 0 Å². The Kier molecular flexibility index (Phi) is 7.00. The van der Waals surface area contributed by atoms with E-state index in [1.165, 1.54) is 6.08 Å². The van der Waals surface area contributed by atoms with Gasteiger partial charge in [-0.2, -0.15) is 5.10 Å². The summed E-state index contributed by atoms with van der Waals surface area (Å²) in [7, 11) is 0. The Morgan fingerprint density at radius 2 is 1.89 bits per heavy atom. The number of carbonyl (C=O) groups is 1. The smallest absolute Gasteiger partial charge is 0.244 e. The van der Waals surface area contributed by atoms with Crippen molar-refractivity contribution in [1.82, 2.24) is 15.1 Å². The topological polar surface area (TPSA) is 67.2 Å². The van der Waals surface area contributed by atoms with Crippen LogP contribution in [-0.2, 0) is 11.3 Å². The molecule has 0 aliphatic carbocycles. The number of rotatable bonds is 8. The molecule has 0 radical (unpaired) electrons. The molecule has 0 saturated carbocycles. The number of amides is 1. The Balaban J connectivity index is 1.86. The van der Waals surface area contributed by atoms with Gasteiger partial charge in [0.1, 0.15) is 0 Å². The zero-order valence-electron chi connectivity index (χ0n) is 15.4. The average Bonchev–Trinajstić information content (AvgIpc) is 3.12. The predicted molar refractivity (Wildman–Crippen MR) is 112 cm³/mol. The van der Waals surface area contributed by atoms with E-state index in [4.69, 9.17) is 21.8 Å². The normalized spacial score (nSPS) is 11.1. The monoisotopic (exact) mass is 395 g/mol. The van der Waals surface area contributed by atoms with Gasteiger partial charge < -0.3 is 10.4 Å². The van der Waals surface area contributed by atoms with Gasteiger partial charge in [-0.1, -0.05) is 60.1 Å². The number of aromatic nitrogens is 2. The summed E-state index contributed by atoms with van der Waals surface area (Å²) >= 11 is 6.28. The summed E-state index contributed by atoms with van der Waals surface area (Å²) in [4.78, 5) is 12.0. The van der Waals surface area contributed by atoms with Gasteiger partial charge in [-0.15, -0.1) is 0 Å². The predicted octanol–water partition coefficient (Wildman–Crippen LogP) is 3.76. The van der Waals surface area contributed by atoms with Crippen LogP contribution < -0.4 is 5.32 Å². The molecule has 28 heavy (non-hydrogen) atoms. The highest BCUT2D eigenvalue weighted by Crippen LogP contribution is 2.24. The third-order valence-corrected chi connectivity index (χ3v) is 4.54. The number of nitrogens with zero attached hydrogens (tertiary/aromatic N) is 2. The molecule has 6 heteroatoms. The van der Waals surface area contributed by atoms with Gasteiger partial charge in [-0.05, 0) is 24.1 Å². The zero-order valence-corrected chi connectivity index (χ0v) is 16.1. The Morgan fingerprint density at radius 3 is 2.64 bits per heavy atom. The summed E-state index contributed by atoms with van der Waals surface area (Å²) in [5, 5.41) is 16.9. The SMILES string of the molecule is O=C(/C=C/c1cn(Cc2ccccc2Cl)nc1-c1ccccc1)NCCCO. The minimum atomic E-state index is -0.202. The van der Waals surface area contributed by atoms with E-state index in [1.807, 2.05) is 65.5 Å². The number of nitrogens with one attached hydrogen (secondary N) is 1. The second-order valence-electron chi connectivity index (χ2n) is 6.29. The van der Waals surface area contributed by atoms with Crippen LogP contribution in [0.25, 0.3) is 17.3 Å². The molecule has 0 aliphatic rings. The van der Waals surface area contributed by atoms with E-state index in [9.17, 15) is 4.79 Å². The van der Waals surface area contributed by atoms with Crippen LogP contribution in [-0.4, -0.2) is 33.9 Å². The number of hydrogen-bond donors (Lipinski definition) is 2. The highest BCUT2D eigenvalue weighted by atomic mass is 35.5. The van der Waals surface area contributed by atoms with E-state index >= 15 is 0 Å². The van der Waals surface area contributed by atoms with Crippen molar-refractivity contribution in [2.24, 2.45) is 0 Å². The van der Waals surface area contributed by atoms with Crippen LogP contribution in [0, 0.1) is 0 Å². The minimum Gasteiger partial charge on any atom is -0.396 e. The van der Waals surface area contributed by atoms with E-state index in [1.54, 1.807) is 6.08 Å². The number of halogens is 1. The van der Waals surface area contributed by atoms with Crippen LogP contribution in [0.4, 0.5) is 0 Å². The van der Waals surface area contributed by atoms with Crippen molar-refractivity contribution in [2.75, 3.05) is 13.2 Å². The fraction of sp³-hybridized carbons (Fsp3) is 0.182. The molecule has 5 nitrogen and oxygen atoms in total. The lowest BCUT2D eigenvalue weighted by Gasteiger charge is -2.04.